The van der Waals surface area contributed by atoms with E-state index >= 15 is 0 Å². The molecule has 0 saturated carbocycles. The first-order valence-corrected chi connectivity index (χ1v) is 13.7. The zero-order valence-electron chi connectivity index (χ0n) is 22.7. The molecule has 6 rings (SSSR count). The molecule has 4 heterocycles. The van der Waals surface area contributed by atoms with Crippen LogP contribution in [-0.4, -0.2) is 54.3 Å². The highest BCUT2D eigenvalue weighted by molar-refractivity contribution is 6.34. The second-order valence-corrected chi connectivity index (χ2v) is 10.5. The zero-order valence-corrected chi connectivity index (χ0v) is 23.4. The van der Waals surface area contributed by atoms with E-state index in [1.165, 1.54) is 18.0 Å². The van der Waals surface area contributed by atoms with Gasteiger partial charge in [0.1, 0.15) is 11.8 Å². The lowest BCUT2D eigenvalue weighted by atomic mass is 9.96. The number of halogens is 1. The summed E-state index contributed by atoms with van der Waals surface area (Å²) in [4.78, 5) is 42.8. The number of anilines is 1. The van der Waals surface area contributed by atoms with Crippen LogP contribution in [0.5, 0.6) is 0 Å². The third-order valence-electron chi connectivity index (χ3n) is 7.44. The molecule has 0 radical (unpaired) electrons. The van der Waals surface area contributed by atoms with E-state index in [1.54, 1.807) is 25.4 Å². The van der Waals surface area contributed by atoms with Gasteiger partial charge in [0.25, 0.3) is 5.91 Å². The molecule has 0 fully saturated rings. The van der Waals surface area contributed by atoms with Crippen molar-refractivity contribution in [2.24, 2.45) is 0 Å². The summed E-state index contributed by atoms with van der Waals surface area (Å²) in [5.41, 5.74) is 12.8. The molecule has 2 amide bonds. The molecule has 42 heavy (non-hydrogen) atoms. The molecular formula is C30H26ClN9O2. The molecule has 0 saturated heterocycles. The first-order chi connectivity index (χ1) is 20.3. The van der Waals surface area contributed by atoms with E-state index in [9.17, 15) is 9.59 Å². The highest BCUT2D eigenvalue weighted by Gasteiger charge is 2.18. The van der Waals surface area contributed by atoms with Crippen molar-refractivity contribution >= 4 is 56.9 Å². The van der Waals surface area contributed by atoms with E-state index in [0.29, 0.717) is 47.7 Å². The number of nitrogens with zero attached hydrogens (tertiary/aromatic N) is 6. The summed E-state index contributed by atoms with van der Waals surface area (Å²) in [7, 11) is 0. The number of rotatable bonds is 6. The summed E-state index contributed by atoms with van der Waals surface area (Å²) in [5, 5.41) is 13.2. The van der Waals surface area contributed by atoms with Crippen LogP contribution in [-0.2, 0) is 17.9 Å². The molecule has 4 N–H and O–H groups in total. The van der Waals surface area contributed by atoms with Crippen LogP contribution in [0.3, 0.4) is 0 Å². The number of nitrogen functional groups attached to an aromatic ring is 1. The molecule has 3 aromatic heterocycles. The maximum atomic E-state index is 12.9. The largest absolute Gasteiger partial charge is 0.382 e. The van der Waals surface area contributed by atoms with E-state index < -0.39 is 0 Å². The summed E-state index contributed by atoms with van der Waals surface area (Å²) in [5.74, 6) is 0.0446. The minimum absolute atomic E-state index is 0.0642. The zero-order chi connectivity index (χ0) is 29.4. The molecule has 0 bridgehead atoms. The van der Waals surface area contributed by atoms with Crippen LogP contribution in [0, 0.1) is 11.3 Å². The predicted molar refractivity (Wildman–Crippen MR) is 159 cm³/mol. The summed E-state index contributed by atoms with van der Waals surface area (Å²) >= 11 is 6.24. The standard InChI is InChI=1S/C30H26ClN9O2/c1-17(41)39-6-4-19(5-7-39)20-9-21-11-23(13-34-30(42)24-3-2-18(12-32)8-25(24)31)38-26(21)22(10-20)14-40-16-37-27-28(33)35-15-36-29(27)40/h2-4,8-11,15-16,38H,5-7,13-14H2,1H3,(H,34,42)(H2,33,35,36). The lowest BCUT2D eigenvalue weighted by Gasteiger charge is -2.25. The number of aromatic amines is 1. The Labute approximate surface area is 245 Å². The van der Waals surface area contributed by atoms with E-state index in [0.717, 1.165) is 34.1 Å². The average Bonchev–Trinajstić information content (AvgIpc) is 3.60. The molecular weight excluding hydrogens is 554 g/mol. The van der Waals surface area contributed by atoms with Gasteiger partial charge >= 0.3 is 0 Å². The normalized spacial score (nSPS) is 13.3. The van der Waals surface area contributed by atoms with Crippen molar-refractivity contribution in [3.63, 3.8) is 0 Å². The molecule has 2 aromatic carbocycles. The molecule has 5 aromatic rings. The number of H-pyrrole nitrogens is 1. The van der Waals surface area contributed by atoms with Gasteiger partial charge in [-0.3, -0.25) is 9.59 Å². The summed E-state index contributed by atoms with van der Waals surface area (Å²) < 4.78 is 1.92. The number of amides is 2. The van der Waals surface area contributed by atoms with Crippen molar-refractivity contribution in [1.29, 1.82) is 5.26 Å². The second-order valence-electron chi connectivity index (χ2n) is 10.1. The van der Waals surface area contributed by atoms with Crippen molar-refractivity contribution in [1.82, 2.24) is 34.7 Å². The maximum Gasteiger partial charge on any atom is 0.253 e. The maximum absolute atomic E-state index is 12.9. The van der Waals surface area contributed by atoms with Crippen LogP contribution in [0.1, 0.15) is 46.1 Å². The van der Waals surface area contributed by atoms with Gasteiger partial charge in [-0.05, 0) is 59.5 Å². The van der Waals surface area contributed by atoms with Gasteiger partial charge in [0.05, 0.1) is 47.2 Å². The van der Waals surface area contributed by atoms with Gasteiger partial charge in [0.2, 0.25) is 5.91 Å². The number of carbonyl (C=O) groups excluding carboxylic acids is 2. The molecule has 0 atom stereocenters. The predicted octanol–water partition coefficient (Wildman–Crippen LogP) is 4.03. The Bertz CT molecular complexity index is 1950. The molecule has 12 heteroatoms. The Kier molecular flexibility index (Phi) is 7.06. The summed E-state index contributed by atoms with van der Waals surface area (Å²) in [6.45, 7) is 3.54. The van der Waals surface area contributed by atoms with Gasteiger partial charge < -0.3 is 25.5 Å². The lowest BCUT2D eigenvalue weighted by molar-refractivity contribution is -0.128. The van der Waals surface area contributed by atoms with E-state index in [1.807, 2.05) is 21.6 Å². The quantitative estimate of drug-likeness (QED) is 0.274. The van der Waals surface area contributed by atoms with Gasteiger partial charge in [0, 0.05) is 31.1 Å². The summed E-state index contributed by atoms with van der Waals surface area (Å²) in [6.07, 6.45) is 5.97. The van der Waals surface area contributed by atoms with E-state index in [2.05, 4.69) is 43.5 Å². The highest BCUT2D eigenvalue weighted by Crippen LogP contribution is 2.30. The SMILES string of the molecule is CC(=O)N1CC=C(c2cc(Cn3cnc4c(N)ncnc43)c3[nH]c(CNC(=O)c4ccc(C#N)cc4Cl)cc3c2)CC1. The number of nitriles is 1. The summed E-state index contributed by atoms with van der Waals surface area (Å²) in [6, 6.07) is 12.9. The molecule has 1 aliphatic rings. The van der Waals surface area contributed by atoms with Crippen LogP contribution in [0.4, 0.5) is 5.82 Å². The van der Waals surface area contributed by atoms with Crippen LogP contribution < -0.4 is 11.1 Å². The Morgan fingerprint density at radius 1 is 1.19 bits per heavy atom. The number of fused-ring (bicyclic) bond motifs is 2. The fraction of sp³-hybridized carbons (Fsp3) is 0.200. The third-order valence-corrected chi connectivity index (χ3v) is 7.76. The van der Waals surface area contributed by atoms with E-state index in [4.69, 9.17) is 22.6 Å². The number of nitrogens with two attached hydrogens (primary N) is 1. The third kappa shape index (κ3) is 5.15. The Balaban J connectivity index is 1.34. The fourth-order valence-electron chi connectivity index (χ4n) is 5.24. The van der Waals surface area contributed by atoms with E-state index in [-0.39, 0.29) is 23.4 Å². The molecule has 210 valence electrons. The monoisotopic (exact) mass is 579 g/mol. The fourth-order valence-corrected chi connectivity index (χ4v) is 5.50. The van der Waals surface area contributed by atoms with Crippen LogP contribution in [0.15, 0.2) is 55.1 Å². The van der Waals surface area contributed by atoms with Gasteiger partial charge in [-0.1, -0.05) is 17.7 Å². The van der Waals surface area contributed by atoms with Crippen molar-refractivity contribution in [3.8, 4) is 6.07 Å². The van der Waals surface area contributed by atoms with Crippen LogP contribution in [0.2, 0.25) is 5.02 Å². The number of hydrogen-bond acceptors (Lipinski definition) is 7. The van der Waals surface area contributed by atoms with Crippen molar-refractivity contribution < 1.29 is 9.59 Å². The molecule has 11 nitrogen and oxygen atoms in total. The Morgan fingerprint density at radius 3 is 2.79 bits per heavy atom. The van der Waals surface area contributed by atoms with Crippen LogP contribution in [0.25, 0.3) is 27.6 Å². The smallest absolute Gasteiger partial charge is 0.253 e. The minimum atomic E-state index is -0.339. The minimum Gasteiger partial charge on any atom is -0.382 e. The molecule has 1 aliphatic heterocycles. The molecule has 0 aliphatic carbocycles. The first-order valence-electron chi connectivity index (χ1n) is 13.3. The van der Waals surface area contributed by atoms with Gasteiger partial charge in [-0.25, -0.2) is 15.0 Å². The van der Waals surface area contributed by atoms with Crippen LogP contribution >= 0.6 is 11.6 Å². The Hall–Kier alpha value is -5.21. The van der Waals surface area contributed by atoms with Gasteiger partial charge in [-0.15, -0.1) is 0 Å². The lowest BCUT2D eigenvalue weighted by Crippen LogP contribution is -2.32. The number of carbonyl (C=O) groups is 2. The number of benzene rings is 2. The number of nitrogens with one attached hydrogen (secondary N) is 2. The molecule has 0 spiro atoms. The van der Waals surface area contributed by atoms with Crippen molar-refractivity contribution in [2.45, 2.75) is 26.4 Å². The first kappa shape index (κ1) is 27.0. The van der Waals surface area contributed by atoms with Gasteiger partial charge in [-0.2, -0.15) is 5.26 Å². The second kappa shape index (κ2) is 11.0. The number of aromatic nitrogens is 5. The molecule has 0 unspecified atom stereocenters. The highest BCUT2D eigenvalue weighted by atomic mass is 35.5. The Morgan fingerprint density at radius 2 is 2.05 bits per heavy atom. The van der Waals surface area contributed by atoms with Crippen molar-refractivity contribution in [2.75, 3.05) is 18.8 Å². The van der Waals surface area contributed by atoms with Crippen molar-refractivity contribution in [3.05, 3.63) is 88.1 Å². The topological polar surface area (TPSA) is 159 Å². The average molecular weight is 580 g/mol. The number of imidazole rings is 1. The number of hydrogen-bond donors (Lipinski definition) is 3. The van der Waals surface area contributed by atoms with Gasteiger partial charge in [0.15, 0.2) is 11.5 Å².